The van der Waals surface area contributed by atoms with Gasteiger partial charge in [0.25, 0.3) is 5.91 Å². The van der Waals surface area contributed by atoms with Crippen LogP contribution in [0, 0.1) is 5.82 Å². The third-order valence-corrected chi connectivity index (χ3v) is 6.32. The van der Waals surface area contributed by atoms with E-state index in [1.165, 1.54) is 30.3 Å². The minimum atomic E-state index is -4.57. The Bertz CT molecular complexity index is 1360. The minimum absolute atomic E-state index is 0.00351. The maximum absolute atomic E-state index is 13.5. The van der Waals surface area contributed by atoms with E-state index in [-0.39, 0.29) is 22.7 Å². The Morgan fingerprint density at radius 3 is 2.51 bits per heavy atom. The molecule has 0 radical (unpaired) electrons. The number of carbonyl (C=O) groups excluding carboxylic acids is 1. The summed E-state index contributed by atoms with van der Waals surface area (Å²) < 4.78 is 58.9. The summed E-state index contributed by atoms with van der Waals surface area (Å²) in [6.45, 7) is 0.869. The first kappa shape index (κ1) is 26.5. The number of alkyl halides is 3. The largest absolute Gasteiger partial charge is 0.487 e. The van der Waals surface area contributed by atoms with E-state index >= 15 is 0 Å². The summed E-state index contributed by atoms with van der Waals surface area (Å²) in [7, 11) is 0. The van der Waals surface area contributed by atoms with Gasteiger partial charge in [-0.25, -0.2) is 4.39 Å². The average molecular weight is 536 g/mol. The molecule has 10 heteroatoms. The molecule has 37 heavy (non-hydrogen) atoms. The van der Waals surface area contributed by atoms with E-state index in [0.29, 0.717) is 18.6 Å². The fourth-order valence-corrected chi connectivity index (χ4v) is 4.65. The number of halogens is 5. The summed E-state index contributed by atoms with van der Waals surface area (Å²) in [5.41, 5.74) is 0.250. The van der Waals surface area contributed by atoms with E-state index in [0.717, 1.165) is 28.2 Å². The lowest BCUT2D eigenvalue weighted by Gasteiger charge is -2.24. The number of carbonyl (C=O) groups is 2. The van der Waals surface area contributed by atoms with Crippen molar-refractivity contribution in [2.45, 2.75) is 38.1 Å². The van der Waals surface area contributed by atoms with Crippen molar-refractivity contribution in [3.8, 4) is 5.75 Å². The third kappa shape index (κ3) is 6.22. The molecule has 194 valence electrons. The molecular formula is C27H22ClF4NO4. The number of ether oxygens (including phenoxy) is 1. The molecule has 0 saturated heterocycles. The molecule has 1 aliphatic heterocycles. The van der Waals surface area contributed by atoms with Crippen molar-refractivity contribution in [2.24, 2.45) is 0 Å². The molecular weight excluding hydrogens is 514 g/mol. The number of nitrogens with zero attached hydrogens (tertiary/aromatic N) is 1. The molecule has 0 fully saturated rings. The fraction of sp³-hybridized carbons (Fsp3) is 0.259. The van der Waals surface area contributed by atoms with E-state index in [1.54, 1.807) is 18.2 Å². The number of hydrogen-bond acceptors (Lipinski definition) is 3. The van der Waals surface area contributed by atoms with Crippen molar-refractivity contribution < 1.29 is 37.0 Å². The number of amides is 1. The predicted octanol–water partition coefficient (Wildman–Crippen LogP) is 6.16. The molecule has 1 aliphatic rings. The standard InChI is InChI=1S/C27H22ClF4NO4/c1-26(12-16-5-7-22(29)21(28)10-16)13-19-11-18(6-8-23(19)37-26)25(36)33(15-24(34)35)14-17-3-2-4-20(9-17)27(30,31)32/h2-11H,12-15H2,1H3,(H,34,35)/t26-/m0/s1. The van der Waals surface area contributed by atoms with Gasteiger partial charge in [0.15, 0.2) is 0 Å². The summed E-state index contributed by atoms with van der Waals surface area (Å²) in [4.78, 5) is 25.6. The van der Waals surface area contributed by atoms with Gasteiger partial charge >= 0.3 is 12.1 Å². The molecule has 3 aromatic rings. The van der Waals surface area contributed by atoms with Gasteiger partial charge in [0.05, 0.1) is 10.6 Å². The lowest BCUT2D eigenvalue weighted by atomic mass is 9.91. The highest BCUT2D eigenvalue weighted by Crippen LogP contribution is 2.38. The van der Waals surface area contributed by atoms with Crippen LogP contribution in [0.1, 0.15) is 39.5 Å². The molecule has 1 atom stereocenters. The van der Waals surface area contributed by atoms with Gasteiger partial charge in [-0.2, -0.15) is 13.2 Å². The molecule has 1 N–H and O–H groups in total. The summed E-state index contributed by atoms with van der Waals surface area (Å²) >= 11 is 5.89. The van der Waals surface area contributed by atoms with Crippen molar-refractivity contribution in [3.05, 3.63) is 99.3 Å². The number of rotatable bonds is 7. The Kier molecular flexibility index (Phi) is 7.19. The van der Waals surface area contributed by atoms with Crippen molar-refractivity contribution in [3.63, 3.8) is 0 Å². The molecule has 1 heterocycles. The number of carboxylic acids is 1. The quantitative estimate of drug-likeness (QED) is 0.368. The molecule has 4 rings (SSSR count). The number of hydrogen-bond donors (Lipinski definition) is 1. The van der Waals surface area contributed by atoms with Crippen LogP contribution in [-0.4, -0.2) is 34.0 Å². The molecule has 0 aromatic heterocycles. The van der Waals surface area contributed by atoms with Gasteiger partial charge < -0.3 is 14.7 Å². The highest BCUT2D eigenvalue weighted by Gasteiger charge is 2.36. The van der Waals surface area contributed by atoms with Crippen molar-refractivity contribution in [1.82, 2.24) is 4.90 Å². The zero-order valence-electron chi connectivity index (χ0n) is 19.6. The highest BCUT2D eigenvalue weighted by atomic mass is 35.5. The summed E-state index contributed by atoms with van der Waals surface area (Å²) in [5, 5.41) is 9.32. The second-order valence-corrected chi connectivity index (χ2v) is 9.64. The maximum atomic E-state index is 13.5. The molecule has 0 spiro atoms. The van der Waals surface area contributed by atoms with E-state index in [2.05, 4.69) is 0 Å². The highest BCUT2D eigenvalue weighted by molar-refractivity contribution is 6.30. The number of fused-ring (bicyclic) bond motifs is 1. The van der Waals surface area contributed by atoms with E-state index < -0.39 is 41.6 Å². The lowest BCUT2D eigenvalue weighted by Crippen LogP contribution is -2.35. The lowest BCUT2D eigenvalue weighted by molar-refractivity contribution is -0.139. The van der Waals surface area contributed by atoms with Crippen LogP contribution in [0.4, 0.5) is 17.6 Å². The third-order valence-electron chi connectivity index (χ3n) is 6.03. The van der Waals surface area contributed by atoms with Gasteiger partial charge in [-0.05, 0) is 66.1 Å². The Hall–Kier alpha value is -3.59. The Morgan fingerprint density at radius 1 is 1.08 bits per heavy atom. The van der Waals surface area contributed by atoms with Crippen LogP contribution < -0.4 is 4.74 Å². The topological polar surface area (TPSA) is 66.8 Å². The van der Waals surface area contributed by atoms with E-state index in [1.807, 2.05) is 6.92 Å². The first-order valence-electron chi connectivity index (χ1n) is 11.3. The molecule has 5 nitrogen and oxygen atoms in total. The maximum Gasteiger partial charge on any atom is 0.416 e. The van der Waals surface area contributed by atoms with Crippen LogP contribution in [0.3, 0.4) is 0 Å². The fourth-order valence-electron chi connectivity index (χ4n) is 4.45. The van der Waals surface area contributed by atoms with Gasteiger partial charge in [-0.3, -0.25) is 9.59 Å². The Morgan fingerprint density at radius 2 is 1.84 bits per heavy atom. The van der Waals surface area contributed by atoms with E-state index in [9.17, 15) is 32.3 Å². The zero-order chi connectivity index (χ0) is 27.0. The average Bonchev–Trinajstić information content (AvgIpc) is 3.14. The number of aliphatic carboxylic acids is 1. The van der Waals surface area contributed by atoms with Gasteiger partial charge in [0.1, 0.15) is 23.7 Å². The first-order chi connectivity index (χ1) is 17.3. The molecule has 1 amide bonds. The molecule has 0 unspecified atom stereocenters. The van der Waals surface area contributed by atoms with Gasteiger partial charge in [-0.15, -0.1) is 0 Å². The van der Waals surface area contributed by atoms with Crippen LogP contribution in [0.5, 0.6) is 5.75 Å². The van der Waals surface area contributed by atoms with Gasteiger partial charge in [-0.1, -0.05) is 29.8 Å². The van der Waals surface area contributed by atoms with Crippen LogP contribution >= 0.6 is 11.6 Å². The summed E-state index contributed by atoms with van der Waals surface area (Å²) in [6.07, 6.45) is -3.72. The van der Waals surface area contributed by atoms with Gasteiger partial charge in [0.2, 0.25) is 0 Å². The van der Waals surface area contributed by atoms with Crippen molar-refractivity contribution in [1.29, 1.82) is 0 Å². The SMILES string of the molecule is C[C@]1(Cc2ccc(F)c(Cl)c2)Cc2cc(C(=O)N(CC(=O)O)Cc3cccc(C(F)(F)F)c3)ccc2O1. The van der Waals surface area contributed by atoms with Crippen LogP contribution in [0.2, 0.25) is 5.02 Å². The monoisotopic (exact) mass is 535 g/mol. The van der Waals surface area contributed by atoms with E-state index in [4.69, 9.17) is 16.3 Å². The van der Waals surface area contributed by atoms with Crippen LogP contribution in [-0.2, 0) is 30.4 Å². The predicted molar refractivity (Wildman–Crippen MR) is 128 cm³/mol. The normalized spacial score (nSPS) is 16.7. The molecule has 0 aliphatic carbocycles. The second kappa shape index (κ2) is 10.0. The van der Waals surface area contributed by atoms with Crippen LogP contribution in [0.15, 0.2) is 60.7 Å². The Balaban J connectivity index is 1.54. The number of benzene rings is 3. The molecule has 3 aromatic carbocycles. The summed E-state index contributed by atoms with van der Waals surface area (Å²) in [6, 6.07) is 13.5. The number of carboxylic acid groups (broad SMARTS) is 1. The smallest absolute Gasteiger partial charge is 0.416 e. The first-order valence-corrected chi connectivity index (χ1v) is 11.6. The molecule has 0 bridgehead atoms. The zero-order valence-corrected chi connectivity index (χ0v) is 20.4. The minimum Gasteiger partial charge on any atom is -0.487 e. The summed E-state index contributed by atoms with van der Waals surface area (Å²) in [5.74, 6) is -1.91. The second-order valence-electron chi connectivity index (χ2n) is 9.23. The van der Waals surface area contributed by atoms with Crippen LogP contribution in [0.25, 0.3) is 0 Å². The van der Waals surface area contributed by atoms with Crippen molar-refractivity contribution in [2.75, 3.05) is 6.54 Å². The van der Waals surface area contributed by atoms with Crippen molar-refractivity contribution >= 4 is 23.5 Å². The van der Waals surface area contributed by atoms with Gasteiger partial charge in [0, 0.05) is 24.9 Å². The Labute approximate surface area is 215 Å². The molecule has 0 saturated carbocycles.